The standard InChI is InChI=1S/C11H22N2/c1-4-10-7-12-9(2)8-13(10)11(3)5-6-11/h9-10,12H,4-8H2,1-3H3. The molecular weight excluding hydrogens is 160 g/mol. The van der Waals surface area contributed by atoms with Crippen molar-refractivity contribution in [3.63, 3.8) is 0 Å². The number of rotatable bonds is 2. The molecule has 1 saturated carbocycles. The molecule has 2 aliphatic rings. The second-order valence-electron chi connectivity index (χ2n) is 5.02. The van der Waals surface area contributed by atoms with Crippen molar-refractivity contribution in [2.24, 2.45) is 0 Å². The molecule has 0 spiro atoms. The SMILES string of the molecule is CCC1CNC(C)CN1C1(C)CC1. The lowest BCUT2D eigenvalue weighted by molar-refractivity contribution is 0.0778. The Balaban J connectivity index is 2.03. The molecule has 2 fully saturated rings. The molecule has 0 bridgehead atoms. The van der Waals surface area contributed by atoms with Crippen LogP contribution in [0.3, 0.4) is 0 Å². The van der Waals surface area contributed by atoms with Gasteiger partial charge in [-0.25, -0.2) is 0 Å². The number of hydrogen-bond donors (Lipinski definition) is 1. The van der Waals surface area contributed by atoms with Gasteiger partial charge in [-0.05, 0) is 33.1 Å². The van der Waals surface area contributed by atoms with E-state index in [2.05, 4.69) is 31.0 Å². The third kappa shape index (κ3) is 1.75. The summed E-state index contributed by atoms with van der Waals surface area (Å²) in [4.78, 5) is 2.74. The average molecular weight is 182 g/mol. The molecule has 1 N–H and O–H groups in total. The van der Waals surface area contributed by atoms with Crippen LogP contribution in [-0.2, 0) is 0 Å². The van der Waals surface area contributed by atoms with Gasteiger partial charge in [0.15, 0.2) is 0 Å². The molecule has 2 atom stereocenters. The normalized spacial score (nSPS) is 39.0. The van der Waals surface area contributed by atoms with E-state index in [9.17, 15) is 0 Å². The van der Waals surface area contributed by atoms with Crippen LogP contribution in [0, 0.1) is 0 Å². The minimum Gasteiger partial charge on any atom is -0.311 e. The zero-order valence-electron chi connectivity index (χ0n) is 9.14. The van der Waals surface area contributed by atoms with Crippen molar-refractivity contribution in [2.75, 3.05) is 13.1 Å². The average Bonchev–Trinajstić information content (AvgIpc) is 2.85. The van der Waals surface area contributed by atoms with Crippen LogP contribution in [0.2, 0.25) is 0 Å². The van der Waals surface area contributed by atoms with E-state index in [1.807, 2.05) is 0 Å². The van der Waals surface area contributed by atoms with Crippen LogP contribution < -0.4 is 5.32 Å². The molecule has 0 aromatic carbocycles. The maximum Gasteiger partial charge on any atom is 0.0224 e. The van der Waals surface area contributed by atoms with Crippen LogP contribution in [0.4, 0.5) is 0 Å². The van der Waals surface area contributed by atoms with E-state index >= 15 is 0 Å². The van der Waals surface area contributed by atoms with Gasteiger partial charge in [0.25, 0.3) is 0 Å². The maximum atomic E-state index is 3.57. The van der Waals surface area contributed by atoms with Gasteiger partial charge < -0.3 is 5.32 Å². The molecular formula is C11H22N2. The topological polar surface area (TPSA) is 15.3 Å². The fourth-order valence-electron chi connectivity index (χ4n) is 2.45. The summed E-state index contributed by atoms with van der Waals surface area (Å²) < 4.78 is 0. The third-order valence-electron chi connectivity index (χ3n) is 3.75. The highest BCUT2D eigenvalue weighted by molar-refractivity contribution is 5.04. The summed E-state index contributed by atoms with van der Waals surface area (Å²) in [7, 11) is 0. The molecule has 2 heteroatoms. The van der Waals surface area contributed by atoms with Crippen LogP contribution in [0.25, 0.3) is 0 Å². The number of hydrogen-bond acceptors (Lipinski definition) is 2. The lowest BCUT2D eigenvalue weighted by Crippen LogP contribution is -2.58. The van der Waals surface area contributed by atoms with Crippen molar-refractivity contribution in [1.29, 1.82) is 0 Å². The van der Waals surface area contributed by atoms with E-state index in [4.69, 9.17) is 0 Å². The lowest BCUT2D eigenvalue weighted by atomic mass is 10.0. The monoisotopic (exact) mass is 182 g/mol. The largest absolute Gasteiger partial charge is 0.311 e. The van der Waals surface area contributed by atoms with Gasteiger partial charge in [0.1, 0.15) is 0 Å². The molecule has 1 saturated heterocycles. The Kier molecular flexibility index (Phi) is 2.37. The second kappa shape index (κ2) is 3.25. The predicted octanol–water partition coefficient (Wildman–Crippen LogP) is 1.61. The summed E-state index contributed by atoms with van der Waals surface area (Å²) in [6.45, 7) is 9.46. The van der Waals surface area contributed by atoms with Crippen LogP contribution in [-0.4, -0.2) is 35.6 Å². The van der Waals surface area contributed by atoms with Crippen molar-refractivity contribution in [2.45, 2.75) is 57.7 Å². The highest BCUT2D eigenvalue weighted by Gasteiger charge is 2.46. The molecule has 1 heterocycles. The van der Waals surface area contributed by atoms with E-state index in [1.165, 1.54) is 32.4 Å². The molecule has 13 heavy (non-hydrogen) atoms. The Bertz CT molecular complexity index is 187. The Morgan fingerprint density at radius 2 is 2.15 bits per heavy atom. The first kappa shape index (κ1) is 9.47. The molecule has 0 amide bonds. The molecule has 0 aromatic heterocycles. The van der Waals surface area contributed by atoms with E-state index in [0.717, 1.165) is 6.04 Å². The summed E-state index contributed by atoms with van der Waals surface area (Å²) in [5.41, 5.74) is 0.567. The van der Waals surface area contributed by atoms with Gasteiger partial charge in [0.2, 0.25) is 0 Å². The van der Waals surface area contributed by atoms with Crippen molar-refractivity contribution in [3.05, 3.63) is 0 Å². The first-order chi connectivity index (χ1) is 6.15. The van der Waals surface area contributed by atoms with Crippen LogP contribution in [0.5, 0.6) is 0 Å². The third-order valence-corrected chi connectivity index (χ3v) is 3.75. The Hall–Kier alpha value is -0.0800. The minimum absolute atomic E-state index is 0.567. The smallest absolute Gasteiger partial charge is 0.0224 e. The zero-order valence-corrected chi connectivity index (χ0v) is 9.14. The molecule has 2 unspecified atom stereocenters. The summed E-state index contributed by atoms with van der Waals surface area (Å²) in [5, 5.41) is 3.57. The quantitative estimate of drug-likeness (QED) is 0.698. The summed E-state index contributed by atoms with van der Waals surface area (Å²) in [6, 6.07) is 1.46. The van der Waals surface area contributed by atoms with Gasteiger partial charge in [-0.1, -0.05) is 6.92 Å². The first-order valence-electron chi connectivity index (χ1n) is 5.66. The molecule has 1 aliphatic carbocycles. The Morgan fingerprint density at radius 3 is 2.69 bits per heavy atom. The molecule has 1 aliphatic heterocycles. The van der Waals surface area contributed by atoms with Crippen molar-refractivity contribution in [1.82, 2.24) is 10.2 Å². The van der Waals surface area contributed by atoms with Crippen molar-refractivity contribution in [3.8, 4) is 0 Å². The van der Waals surface area contributed by atoms with Gasteiger partial charge in [-0.3, -0.25) is 4.90 Å². The van der Waals surface area contributed by atoms with Gasteiger partial charge in [0.05, 0.1) is 0 Å². The minimum atomic E-state index is 0.567. The highest BCUT2D eigenvalue weighted by atomic mass is 15.3. The van der Waals surface area contributed by atoms with Gasteiger partial charge in [0, 0.05) is 30.7 Å². The van der Waals surface area contributed by atoms with Crippen molar-refractivity contribution < 1.29 is 0 Å². The van der Waals surface area contributed by atoms with Crippen molar-refractivity contribution >= 4 is 0 Å². The van der Waals surface area contributed by atoms with E-state index in [0.29, 0.717) is 11.6 Å². The van der Waals surface area contributed by atoms with E-state index < -0.39 is 0 Å². The summed E-state index contributed by atoms with van der Waals surface area (Å²) in [5.74, 6) is 0. The second-order valence-corrected chi connectivity index (χ2v) is 5.02. The van der Waals surface area contributed by atoms with Crippen LogP contribution in [0.1, 0.15) is 40.0 Å². The Morgan fingerprint density at radius 1 is 1.46 bits per heavy atom. The highest BCUT2D eigenvalue weighted by Crippen LogP contribution is 2.43. The summed E-state index contributed by atoms with van der Waals surface area (Å²) >= 11 is 0. The fourth-order valence-corrected chi connectivity index (χ4v) is 2.45. The molecule has 2 rings (SSSR count). The van der Waals surface area contributed by atoms with Gasteiger partial charge >= 0.3 is 0 Å². The van der Waals surface area contributed by atoms with Gasteiger partial charge in [-0.2, -0.15) is 0 Å². The predicted molar refractivity (Wildman–Crippen MR) is 55.9 cm³/mol. The molecule has 0 aromatic rings. The number of piperazine rings is 1. The van der Waals surface area contributed by atoms with Crippen LogP contribution in [0.15, 0.2) is 0 Å². The number of nitrogens with one attached hydrogen (secondary N) is 1. The fraction of sp³-hybridized carbons (Fsp3) is 1.00. The molecule has 76 valence electrons. The Labute approximate surface area is 81.7 Å². The molecule has 0 radical (unpaired) electrons. The van der Waals surface area contributed by atoms with Gasteiger partial charge in [-0.15, -0.1) is 0 Å². The summed E-state index contributed by atoms with van der Waals surface area (Å²) in [6.07, 6.45) is 4.11. The molecule has 2 nitrogen and oxygen atoms in total. The van der Waals surface area contributed by atoms with Crippen LogP contribution >= 0.6 is 0 Å². The van der Waals surface area contributed by atoms with E-state index in [-0.39, 0.29) is 0 Å². The lowest BCUT2D eigenvalue weighted by Gasteiger charge is -2.43. The van der Waals surface area contributed by atoms with E-state index in [1.54, 1.807) is 0 Å². The maximum absolute atomic E-state index is 3.57. The first-order valence-corrected chi connectivity index (χ1v) is 5.66. The zero-order chi connectivity index (χ0) is 9.47. The number of nitrogens with zero attached hydrogens (tertiary/aromatic N) is 1.